The summed E-state index contributed by atoms with van der Waals surface area (Å²) in [7, 11) is 0. The minimum absolute atomic E-state index is 0.329. The summed E-state index contributed by atoms with van der Waals surface area (Å²) in [5, 5.41) is 2.03. The molecule has 3 nitrogen and oxygen atoms in total. The van der Waals surface area contributed by atoms with Crippen LogP contribution in [0.1, 0.15) is 0 Å². The molecule has 0 saturated carbocycles. The first kappa shape index (κ1) is 8.92. The van der Waals surface area contributed by atoms with Crippen LogP contribution in [0.25, 0.3) is 0 Å². The van der Waals surface area contributed by atoms with E-state index in [0.717, 1.165) is 0 Å². The van der Waals surface area contributed by atoms with Gasteiger partial charge in [0.15, 0.2) is 0 Å². The fraction of sp³-hybridized carbons (Fsp3) is 0. The van der Waals surface area contributed by atoms with Crippen molar-refractivity contribution in [1.82, 2.24) is 5.32 Å². The molecule has 1 aliphatic rings. The molecule has 48 valence electrons. The zero-order valence-electron chi connectivity index (χ0n) is 4.29. The van der Waals surface area contributed by atoms with Crippen molar-refractivity contribution in [1.29, 1.82) is 0 Å². The molecule has 0 bridgehead atoms. The van der Waals surface area contributed by atoms with Crippen molar-refractivity contribution < 1.29 is 9.59 Å². The van der Waals surface area contributed by atoms with E-state index in [0.29, 0.717) is 0 Å². The summed E-state index contributed by atoms with van der Waals surface area (Å²) in [5.41, 5.74) is 0. The van der Waals surface area contributed by atoms with E-state index in [1.54, 1.807) is 0 Å². The number of imide groups is 1. The van der Waals surface area contributed by atoms with Crippen LogP contribution in [0.15, 0.2) is 12.2 Å². The summed E-state index contributed by atoms with van der Waals surface area (Å²) in [5.74, 6) is -0.657. The van der Waals surface area contributed by atoms with Gasteiger partial charge in [0.2, 0.25) is 0 Å². The van der Waals surface area contributed by atoms with Gasteiger partial charge in [-0.05, 0) is 0 Å². The van der Waals surface area contributed by atoms with Crippen LogP contribution in [-0.4, -0.2) is 39.1 Å². The number of carbonyl (C=O) groups is 2. The van der Waals surface area contributed by atoms with Crippen LogP contribution in [0.4, 0.5) is 0 Å². The monoisotopic (exact) mass is 257 g/mol. The van der Waals surface area contributed by atoms with E-state index in [9.17, 15) is 9.59 Å². The standard InChI is InChI=1S/C4H3NO2.Se2/c6-3-1-2-4(7)5-3;1-2/h1-2H,(H,5,6,7);. The van der Waals surface area contributed by atoms with Gasteiger partial charge >= 0.3 is 27.3 Å². The molecule has 0 aromatic heterocycles. The Morgan fingerprint density at radius 2 is 1.44 bits per heavy atom. The Hall–Kier alpha value is -0.0810. The Morgan fingerprint density at radius 1 is 1.11 bits per heavy atom. The van der Waals surface area contributed by atoms with E-state index in [-0.39, 0.29) is 11.8 Å². The number of carbonyl (C=O) groups excluding carboxylic acids is 2. The summed E-state index contributed by atoms with van der Waals surface area (Å²) < 4.78 is 0. The first-order valence-corrected chi connectivity index (χ1v) is 6.32. The summed E-state index contributed by atoms with van der Waals surface area (Å²) in [6, 6.07) is 0. The van der Waals surface area contributed by atoms with Crippen LogP contribution in [0, 0.1) is 0 Å². The second-order valence-electron chi connectivity index (χ2n) is 1.19. The van der Waals surface area contributed by atoms with Crippen molar-refractivity contribution in [2.24, 2.45) is 0 Å². The number of rotatable bonds is 0. The predicted molar refractivity (Wildman–Crippen MR) is 33.8 cm³/mol. The van der Waals surface area contributed by atoms with Crippen LogP contribution >= 0.6 is 0 Å². The molecule has 1 heterocycles. The van der Waals surface area contributed by atoms with Crippen LogP contribution < -0.4 is 5.32 Å². The summed E-state index contributed by atoms with van der Waals surface area (Å²) in [6.07, 6.45) is 2.39. The molecule has 2 amide bonds. The molecule has 1 aliphatic heterocycles. The molecule has 5 heteroatoms. The molecular formula is C4H3NO2Se2. The van der Waals surface area contributed by atoms with E-state index < -0.39 is 0 Å². The van der Waals surface area contributed by atoms with Crippen LogP contribution in [0.5, 0.6) is 0 Å². The fourth-order valence-corrected chi connectivity index (χ4v) is 0.356. The topological polar surface area (TPSA) is 46.2 Å². The first-order chi connectivity index (χ1) is 4.29. The zero-order valence-corrected chi connectivity index (χ0v) is 7.71. The second kappa shape index (κ2) is 4.77. The third kappa shape index (κ3) is 3.49. The van der Waals surface area contributed by atoms with Gasteiger partial charge in [-0.25, -0.2) is 0 Å². The molecule has 1 rings (SSSR count). The second-order valence-corrected chi connectivity index (χ2v) is 1.19. The zero-order chi connectivity index (χ0) is 7.28. The molecule has 0 unspecified atom stereocenters. The SMILES string of the molecule is O=C1C=CC(=O)N1.[Se]=[Se]. The molecule has 0 saturated heterocycles. The molecule has 9 heavy (non-hydrogen) atoms. The van der Waals surface area contributed by atoms with E-state index in [4.69, 9.17) is 0 Å². The van der Waals surface area contributed by atoms with Gasteiger partial charge in [0.05, 0.1) is 0 Å². The van der Waals surface area contributed by atoms with Gasteiger partial charge in [0, 0.05) is 12.2 Å². The summed E-state index contributed by atoms with van der Waals surface area (Å²) in [6.45, 7) is 0. The molecule has 0 fully saturated rings. The Morgan fingerprint density at radius 3 is 1.56 bits per heavy atom. The molecule has 0 spiro atoms. The van der Waals surface area contributed by atoms with Gasteiger partial charge in [0.1, 0.15) is 0 Å². The van der Waals surface area contributed by atoms with Gasteiger partial charge in [-0.15, -0.1) is 0 Å². The Bertz CT molecular complexity index is 150. The quantitative estimate of drug-likeness (QED) is 0.420. The maximum absolute atomic E-state index is 10.0. The van der Waals surface area contributed by atoms with Crippen molar-refractivity contribution in [3.05, 3.63) is 12.2 Å². The normalized spacial score (nSPS) is 14.2. The fourth-order valence-electron chi connectivity index (χ4n) is 0.356. The molecule has 0 aromatic rings. The van der Waals surface area contributed by atoms with Crippen LogP contribution in [0.3, 0.4) is 0 Å². The summed E-state index contributed by atoms with van der Waals surface area (Å²) >= 11 is 5.00. The van der Waals surface area contributed by atoms with Gasteiger partial charge in [0.25, 0.3) is 11.8 Å². The van der Waals surface area contributed by atoms with Crippen molar-refractivity contribution >= 4 is 39.1 Å². The minimum atomic E-state index is -0.329. The number of nitrogens with one attached hydrogen (secondary N) is 1. The van der Waals surface area contributed by atoms with E-state index in [1.165, 1.54) is 12.2 Å². The Kier molecular flexibility index (Phi) is 4.72. The van der Waals surface area contributed by atoms with Gasteiger partial charge in [-0.2, -0.15) is 0 Å². The third-order valence-electron chi connectivity index (χ3n) is 0.632. The average Bonchev–Trinajstić information content (AvgIpc) is 2.20. The third-order valence-corrected chi connectivity index (χ3v) is 0.632. The molecule has 0 aliphatic carbocycles. The molecule has 0 atom stereocenters. The summed E-state index contributed by atoms with van der Waals surface area (Å²) in [4.78, 5) is 20.1. The number of hydrogen-bond acceptors (Lipinski definition) is 2. The van der Waals surface area contributed by atoms with E-state index in [1.807, 2.05) is 5.32 Å². The number of amides is 2. The predicted octanol–water partition coefficient (Wildman–Crippen LogP) is -1.56. The molecule has 0 aromatic carbocycles. The average molecular weight is 255 g/mol. The van der Waals surface area contributed by atoms with Crippen LogP contribution in [0.2, 0.25) is 0 Å². The number of hydrogen-bond donors (Lipinski definition) is 1. The van der Waals surface area contributed by atoms with E-state index >= 15 is 0 Å². The van der Waals surface area contributed by atoms with Crippen molar-refractivity contribution in [3.63, 3.8) is 0 Å². The molecular weight excluding hydrogens is 252 g/mol. The van der Waals surface area contributed by atoms with Gasteiger partial charge < -0.3 is 0 Å². The Labute approximate surface area is 66.4 Å². The van der Waals surface area contributed by atoms with Gasteiger partial charge in [-0.3, -0.25) is 14.9 Å². The molecule has 0 radical (unpaired) electrons. The Balaban J connectivity index is 0.000000291. The van der Waals surface area contributed by atoms with Crippen molar-refractivity contribution in [2.45, 2.75) is 0 Å². The van der Waals surface area contributed by atoms with Crippen LogP contribution in [-0.2, 0) is 9.59 Å². The maximum atomic E-state index is 10.0. The first-order valence-electron chi connectivity index (χ1n) is 1.99. The van der Waals surface area contributed by atoms with E-state index in [2.05, 4.69) is 27.3 Å². The van der Waals surface area contributed by atoms with Crippen molar-refractivity contribution in [2.75, 3.05) is 0 Å². The van der Waals surface area contributed by atoms with Gasteiger partial charge in [-0.1, -0.05) is 0 Å². The van der Waals surface area contributed by atoms with Crippen molar-refractivity contribution in [3.8, 4) is 0 Å². The molecule has 1 N–H and O–H groups in total.